The van der Waals surface area contributed by atoms with Crippen LogP contribution < -0.4 is 0 Å². The van der Waals surface area contributed by atoms with Gasteiger partial charge in [-0.25, -0.2) is 9.97 Å². The van der Waals surface area contributed by atoms with E-state index in [4.69, 9.17) is 4.52 Å². The maximum atomic E-state index is 11.6. The van der Waals surface area contributed by atoms with Gasteiger partial charge in [-0.3, -0.25) is 4.79 Å². The Kier molecular flexibility index (Phi) is 2.62. The number of aromatic nitrogens is 4. The number of carbonyl (C=O) groups excluding carboxylic acids is 1. The van der Waals surface area contributed by atoms with Gasteiger partial charge in [0.05, 0.1) is 6.42 Å². The first-order valence-electron chi connectivity index (χ1n) is 5.86. The third kappa shape index (κ3) is 2.27. The molecule has 0 spiro atoms. The van der Waals surface area contributed by atoms with Gasteiger partial charge in [-0.1, -0.05) is 5.16 Å². The lowest BCUT2D eigenvalue weighted by Crippen LogP contribution is -2.04. The zero-order valence-electron chi connectivity index (χ0n) is 9.96. The maximum Gasteiger partial charge on any atom is 0.240 e. The van der Waals surface area contributed by atoms with Crippen LogP contribution in [0.2, 0.25) is 0 Å². The fraction of sp³-hybridized carbons (Fsp3) is 0.417. The molecule has 1 saturated carbocycles. The Morgan fingerprint density at radius 2 is 2.06 bits per heavy atom. The summed E-state index contributed by atoms with van der Waals surface area (Å²) in [7, 11) is 0. The summed E-state index contributed by atoms with van der Waals surface area (Å²) in [5.74, 6) is 1.46. The predicted molar refractivity (Wildman–Crippen MR) is 61.5 cm³/mol. The van der Waals surface area contributed by atoms with E-state index in [-0.39, 0.29) is 18.1 Å². The van der Waals surface area contributed by atoms with Crippen molar-refractivity contribution in [3.8, 4) is 11.6 Å². The molecule has 1 aliphatic carbocycles. The minimum atomic E-state index is 0.176. The number of carbonyl (C=O) groups is 1. The largest absolute Gasteiger partial charge is 0.338 e. The normalized spacial score (nSPS) is 14.7. The summed E-state index contributed by atoms with van der Waals surface area (Å²) in [5, 5.41) is 3.79. The molecule has 1 fully saturated rings. The highest BCUT2D eigenvalue weighted by molar-refractivity contribution is 5.84. The van der Waals surface area contributed by atoms with Crippen LogP contribution in [0, 0.1) is 12.8 Å². The number of hydrogen-bond acceptors (Lipinski definition) is 6. The number of rotatable bonds is 4. The van der Waals surface area contributed by atoms with Crippen molar-refractivity contribution >= 4 is 5.78 Å². The van der Waals surface area contributed by atoms with Gasteiger partial charge in [-0.15, -0.1) is 0 Å². The van der Waals surface area contributed by atoms with Crippen LogP contribution in [0.1, 0.15) is 24.3 Å². The first kappa shape index (κ1) is 11.0. The summed E-state index contributed by atoms with van der Waals surface area (Å²) in [6.07, 6.45) is 5.56. The molecule has 0 aliphatic heterocycles. The molecule has 0 aromatic carbocycles. The second-order valence-corrected chi connectivity index (χ2v) is 4.51. The topological polar surface area (TPSA) is 81.8 Å². The molecule has 2 aromatic heterocycles. The highest BCUT2D eigenvalue weighted by Crippen LogP contribution is 2.30. The van der Waals surface area contributed by atoms with E-state index in [1.807, 2.05) is 6.92 Å². The smallest absolute Gasteiger partial charge is 0.240 e. The van der Waals surface area contributed by atoms with Crippen molar-refractivity contribution < 1.29 is 9.32 Å². The molecule has 0 radical (unpaired) electrons. The fourth-order valence-corrected chi connectivity index (χ4v) is 1.62. The lowest BCUT2D eigenvalue weighted by molar-refractivity contribution is -0.119. The summed E-state index contributed by atoms with van der Waals surface area (Å²) in [4.78, 5) is 24.0. The molecule has 6 heteroatoms. The zero-order valence-corrected chi connectivity index (χ0v) is 9.96. The van der Waals surface area contributed by atoms with Crippen molar-refractivity contribution in [1.82, 2.24) is 20.1 Å². The predicted octanol–water partition coefficient (Wildman–Crippen LogP) is 1.36. The fourth-order valence-electron chi connectivity index (χ4n) is 1.62. The van der Waals surface area contributed by atoms with Crippen LogP contribution in [0.15, 0.2) is 16.9 Å². The van der Waals surface area contributed by atoms with Gasteiger partial charge < -0.3 is 4.52 Å². The van der Waals surface area contributed by atoms with Gasteiger partial charge in [0.15, 0.2) is 0 Å². The van der Waals surface area contributed by atoms with Crippen molar-refractivity contribution in [3.63, 3.8) is 0 Å². The van der Waals surface area contributed by atoms with E-state index < -0.39 is 0 Å². The van der Waals surface area contributed by atoms with Gasteiger partial charge in [-0.05, 0) is 25.3 Å². The molecule has 2 aromatic rings. The van der Waals surface area contributed by atoms with Crippen molar-refractivity contribution in [2.45, 2.75) is 26.2 Å². The molecule has 3 rings (SSSR count). The van der Waals surface area contributed by atoms with Crippen molar-refractivity contribution in [3.05, 3.63) is 23.8 Å². The van der Waals surface area contributed by atoms with E-state index in [0.29, 0.717) is 17.5 Å². The van der Waals surface area contributed by atoms with Gasteiger partial charge in [0.2, 0.25) is 17.5 Å². The highest BCUT2D eigenvalue weighted by atomic mass is 16.5. The van der Waals surface area contributed by atoms with Gasteiger partial charge in [0.25, 0.3) is 0 Å². The van der Waals surface area contributed by atoms with Gasteiger partial charge in [0, 0.05) is 18.3 Å². The summed E-state index contributed by atoms with van der Waals surface area (Å²) >= 11 is 0. The van der Waals surface area contributed by atoms with Crippen molar-refractivity contribution in [1.29, 1.82) is 0 Å². The van der Waals surface area contributed by atoms with E-state index in [1.165, 1.54) is 0 Å². The highest BCUT2D eigenvalue weighted by Gasteiger charge is 2.30. The average molecular weight is 244 g/mol. The summed E-state index contributed by atoms with van der Waals surface area (Å²) in [6.45, 7) is 1.90. The first-order valence-corrected chi connectivity index (χ1v) is 5.86. The third-order valence-corrected chi connectivity index (χ3v) is 2.81. The van der Waals surface area contributed by atoms with Crippen LogP contribution >= 0.6 is 0 Å². The Hall–Kier alpha value is -2.11. The van der Waals surface area contributed by atoms with Crippen LogP contribution in [0.3, 0.4) is 0 Å². The van der Waals surface area contributed by atoms with Crippen LogP contribution in [-0.2, 0) is 11.2 Å². The molecule has 18 heavy (non-hydrogen) atoms. The quantitative estimate of drug-likeness (QED) is 0.807. The Bertz CT molecular complexity index is 572. The molecule has 0 atom stereocenters. The molecule has 6 nitrogen and oxygen atoms in total. The van der Waals surface area contributed by atoms with Crippen LogP contribution in [0.5, 0.6) is 0 Å². The monoisotopic (exact) mass is 244 g/mol. The Balaban J connectivity index is 1.76. The van der Waals surface area contributed by atoms with Crippen molar-refractivity contribution in [2.24, 2.45) is 5.92 Å². The van der Waals surface area contributed by atoms with Gasteiger partial charge in [-0.2, -0.15) is 4.98 Å². The summed E-state index contributed by atoms with van der Waals surface area (Å²) < 4.78 is 5.04. The van der Waals surface area contributed by atoms with E-state index in [0.717, 1.165) is 18.4 Å². The molecular weight excluding hydrogens is 232 g/mol. The van der Waals surface area contributed by atoms with E-state index >= 15 is 0 Å². The first-order chi connectivity index (χ1) is 8.72. The molecular formula is C12H12N4O2. The lowest BCUT2D eigenvalue weighted by Gasteiger charge is -1.92. The number of hydrogen-bond donors (Lipinski definition) is 0. The van der Waals surface area contributed by atoms with Crippen LogP contribution in [0.4, 0.5) is 0 Å². The standard InChI is InChI=1S/C12H12N4O2/c1-7-5-13-11(14-6-7)12-15-10(18-16-12)4-9(17)8-2-3-8/h5-6,8H,2-4H2,1H3. The SMILES string of the molecule is Cc1cnc(-c2noc(CC(=O)C3CC3)n2)nc1. The van der Waals surface area contributed by atoms with Crippen LogP contribution in [0.25, 0.3) is 11.6 Å². The molecule has 2 heterocycles. The van der Waals surface area contributed by atoms with E-state index in [2.05, 4.69) is 20.1 Å². The minimum absolute atomic E-state index is 0.176. The van der Waals surface area contributed by atoms with Gasteiger partial charge >= 0.3 is 0 Å². The molecule has 0 amide bonds. The van der Waals surface area contributed by atoms with Gasteiger partial charge in [0.1, 0.15) is 5.78 Å². The maximum absolute atomic E-state index is 11.6. The number of ketones is 1. The lowest BCUT2D eigenvalue weighted by atomic mass is 10.2. The third-order valence-electron chi connectivity index (χ3n) is 2.81. The Morgan fingerprint density at radius 3 is 2.72 bits per heavy atom. The molecule has 92 valence electrons. The second-order valence-electron chi connectivity index (χ2n) is 4.51. The minimum Gasteiger partial charge on any atom is -0.338 e. The number of Topliss-reactive ketones (excluding diaryl/α,β-unsaturated/α-hetero) is 1. The Labute approximate surface area is 103 Å². The summed E-state index contributed by atoms with van der Waals surface area (Å²) in [5.41, 5.74) is 0.964. The average Bonchev–Trinajstić information content (AvgIpc) is 3.12. The molecule has 1 aliphatic rings. The Morgan fingerprint density at radius 1 is 1.33 bits per heavy atom. The molecule has 0 unspecified atom stereocenters. The number of aryl methyl sites for hydroxylation is 1. The summed E-state index contributed by atoms with van der Waals surface area (Å²) in [6, 6.07) is 0. The molecule has 0 saturated heterocycles. The molecule has 0 bridgehead atoms. The molecule has 0 N–H and O–H groups in total. The zero-order chi connectivity index (χ0) is 12.5. The van der Waals surface area contributed by atoms with Crippen LogP contribution in [-0.4, -0.2) is 25.9 Å². The van der Waals surface area contributed by atoms with Crippen molar-refractivity contribution in [2.75, 3.05) is 0 Å². The number of nitrogens with zero attached hydrogens (tertiary/aromatic N) is 4. The second kappa shape index (κ2) is 4.29. The van der Waals surface area contributed by atoms with E-state index in [9.17, 15) is 4.79 Å². The van der Waals surface area contributed by atoms with E-state index in [1.54, 1.807) is 12.4 Å².